The van der Waals surface area contributed by atoms with Crippen LogP contribution in [0.2, 0.25) is 0 Å². The lowest BCUT2D eigenvalue weighted by atomic mass is 9.60. The Morgan fingerprint density at radius 2 is 1.86 bits per heavy atom. The smallest absolute Gasteiger partial charge is 0.596 e. The number of benzene rings is 1. The lowest BCUT2D eigenvalue weighted by Crippen LogP contribution is -2.67. The van der Waals surface area contributed by atoms with E-state index in [9.17, 15) is 14.4 Å². The number of ether oxygens (including phenoxy) is 1. The highest BCUT2D eigenvalue weighted by atomic mass is 16.7. The van der Waals surface area contributed by atoms with Gasteiger partial charge in [0.1, 0.15) is 18.8 Å². The monoisotopic (exact) mass is 291 g/mol. The van der Waals surface area contributed by atoms with E-state index < -0.39 is 18.6 Å². The molecule has 0 aliphatic carbocycles. The Morgan fingerprint density at radius 1 is 1.24 bits per heavy atom. The van der Waals surface area contributed by atoms with Gasteiger partial charge >= 0.3 is 18.6 Å². The molecule has 0 unspecified atom stereocenters. The zero-order valence-electron chi connectivity index (χ0n) is 11.7. The second-order valence-corrected chi connectivity index (χ2v) is 5.53. The lowest BCUT2D eigenvalue weighted by Gasteiger charge is -2.40. The number of hydrogen-bond acceptors (Lipinski definition) is 6. The summed E-state index contributed by atoms with van der Waals surface area (Å²) in [5.74, 6) is -0.617. The topological polar surface area (TPSA) is 78.9 Å². The molecule has 0 aromatic heterocycles. The lowest BCUT2D eigenvalue weighted by molar-refractivity contribution is -0.791. The molecule has 21 heavy (non-hydrogen) atoms. The van der Waals surface area contributed by atoms with Gasteiger partial charge in [-0.25, -0.2) is 0 Å². The Kier molecular flexibility index (Phi) is 2.81. The number of fused-ring (bicyclic) bond motifs is 1. The van der Waals surface area contributed by atoms with E-state index in [0.717, 1.165) is 0 Å². The van der Waals surface area contributed by atoms with Gasteiger partial charge in [0, 0.05) is 7.05 Å². The summed E-state index contributed by atoms with van der Waals surface area (Å²) in [6, 6.07) is 4.88. The zero-order valence-corrected chi connectivity index (χ0v) is 11.7. The van der Waals surface area contributed by atoms with E-state index in [1.54, 1.807) is 25.2 Å². The number of rotatable bonds is 3. The first-order valence-electron chi connectivity index (χ1n) is 6.50. The second-order valence-electron chi connectivity index (χ2n) is 5.53. The van der Waals surface area contributed by atoms with E-state index in [0.29, 0.717) is 17.3 Å². The summed E-state index contributed by atoms with van der Waals surface area (Å²) in [7, 11) is 3.14. The van der Waals surface area contributed by atoms with Crippen LogP contribution in [0.1, 0.15) is 10.4 Å². The minimum Gasteiger partial charge on any atom is -0.596 e. The molecule has 7 nitrogen and oxygen atoms in total. The third-order valence-electron chi connectivity index (χ3n) is 4.18. The van der Waals surface area contributed by atoms with Gasteiger partial charge in [-0.3, -0.25) is 14.4 Å². The summed E-state index contributed by atoms with van der Waals surface area (Å²) in [4.78, 5) is 34.7. The summed E-state index contributed by atoms with van der Waals surface area (Å²) < 4.78 is 16.2. The molecule has 2 saturated heterocycles. The quantitative estimate of drug-likeness (QED) is 0.536. The summed E-state index contributed by atoms with van der Waals surface area (Å²) in [5.41, 5.74) is 0.727. The number of carbonyl (C=O) groups excluding carboxylic acids is 3. The standard InChI is InChI=1S/C13H14BNO6/c1-15-6-11(17)20-14(15,21-12(18)7-15)10-5-3-4-9(8-16)13(10)19-2/h3-5,8H,6-7H2,1-2H3. The number of para-hydroxylation sites is 1. The van der Waals surface area contributed by atoms with E-state index in [1.807, 2.05) is 0 Å². The average molecular weight is 291 g/mol. The number of quaternary nitrogens is 1. The maximum Gasteiger partial charge on any atom is 0.618 e. The molecule has 0 radical (unpaired) electrons. The van der Waals surface area contributed by atoms with Crippen molar-refractivity contribution in [2.24, 2.45) is 0 Å². The molecule has 3 rings (SSSR count). The third kappa shape index (κ3) is 1.69. The Hall–Kier alpha value is -2.35. The van der Waals surface area contributed by atoms with Crippen LogP contribution < -0.4 is 10.2 Å². The van der Waals surface area contributed by atoms with Crippen LogP contribution >= 0.6 is 0 Å². The van der Waals surface area contributed by atoms with Crippen molar-refractivity contribution in [3.8, 4) is 5.75 Å². The predicted molar refractivity (Wildman–Crippen MR) is 71.9 cm³/mol. The van der Waals surface area contributed by atoms with Crippen LogP contribution in [0.3, 0.4) is 0 Å². The van der Waals surface area contributed by atoms with Crippen LogP contribution in [0, 0.1) is 0 Å². The van der Waals surface area contributed by atoms with Crippen LogP contribution in [0.4, 0.5) is 0 Å². The van der Waals surface area contributed by atoms with E-state index in [4.69, 9.17) is 14.0 Å². The molecule has 110 valence electrons. The van der Waals surface area contributed by atoms with E-state index in [2.05, 4.69) is 0 Å². The van der Waals surface area contributed by atoms with Gasteiger partial charge in [-0.2, -0.15) is 0 Å². The minimum atomic E-state index is -2.39. The fourth-order valence-electron chi connectivity index (χ4n) is 3.25. The number of hydrogen-bond donors (Lipinski definition) is 0. The molecule has 0 spiro atoms. The van der Waals surface area contributed by atoms with Crippen molar-refractivity contribution < 1.29 is 32.8 Å². The predicted octanol–water partition coefficient (Wildman–Crippen LogP) is -0.786. The molecule has 0 N–H and O–H groups in total. The fourth-order valence-corrected chi connectivity index (χ4v) is 3.25. The molecule has 2 aliphatic heterocycles. The van der Waals surface area contributed by atoms with Gasteiger partial charge in [-0.15, -0.1) is 0 Å². The Morgan fingerprint density at radius 3 is 2.38 bits per heavy atom. The molecule has 0 atom stereocenters. The van der Waals surface area contributed by atoms with Gasteiger partial charge in [0.15, 0.2) is 6.29 Å². The van der Waals surface area contributed by atoms with Crippen LogP contribution in [-0.4, -0.2) is 56.6 Å². The Bertz CT molecular complexity index is 638. The third-order valence-corrected chi connectivity index (χ3v) is 4.18. The first-order valence-corrected chi connectivity index (χ1v) is 6.50. The summed E-state index contributed by atoms with van der Waals surface area (Å²) in [6.45, 7) is -2.31. The average Bonchev–Trinajstić information content (AvgIpc) is 2.81. The number of carbonyl (C=O) groups is 3. The van der Waals surface area contributed by atoms with Crippen LogP contribution in [-0.2, 0) is 18.9 Å². The van der Waals surface area contributed by atoms with E-state index >= 15 is 0 Å². The molecule has 0 bridgehead atoms. The van der Waals surface area contributed by atoms with Gasteiger partial charge in [0.2, 0.25) is 0 Å². The SMILES string of the molecule is COc1c(C=O)cccc1[B-]12OC(=O)C[N+]1(C)CC(=O)O2. The van der Waals surface area contributed by atoms with Crippen molar-refractivity contribution in [1.29, 1.82) is 0 Å². The minimum absolute atomic E-state index is 0.0103. The first kappa shape index (κ1) is 13.6. The van der Waals surface area contributed by atoms with Gasteiger partial charge in [0.25, 0.3) is 0 Å². The molecular formula is C13H14BNO6. The highest BCUT2D eigenvalue weighted by Gasteiger charge is 2.67. The van der Waals surface area contributed by atoms with E-state index in [-0.39, 0.29) is 23.2 Å². The molecule has 2 aliphatic rings. The highest BCUT2D eigenvalue weighted by Crippen LogP contribution is 2.35. The van der Waals surface area contributed by atoms with E-state index in [1.165, 1.54) is 7.11 Å². The van der Waals surface area contributed by atoms with Gasteiger partial charge < -0.3 is 18.4 Å². The maximum atomic E-state index is 11.8. The molecule has 8 heteroatoms. The van der Waals surface area contributed by atoms with Gasteiger partial charge in [-0.1, -0.05) is 12.1 Å². The number of nitrogens with zero attached hydrogens (tertiary/aromatic N) is 1. The molecule has 1 aromatic carbocycles. The van der Waals surface area contributed by atoms with Gasteiger partial charge in [-0.05, 0) is 11.5 Å². The summed E-state index contributed by atoms with van der Waals surface area (Å²) in [6.07, 6.45) is 0.646. The molecule has 2 fully saturated rings. The molecular weight excluding hydrogens is 277 g/mol. The van der Waals surface area contributed by atoms with Crippen molar-refractivity contribution in [1.82, 2.24) is 0 Å². The highest BCUT2D eigenvalue weighted by molar-refractivity contribution is 6.80. The summed E-state index contributed by atoms with van der Waals surface area (Å²) in [5, 5.41) is 0. The first-order chi connectivity index (χ1) is 9.95. The van der Waals surface area contributed by atoms with Crippen molar-refractivity contribution in [3.05, 3.63) is 23.8 Å². The Labute approximate surface area is 121 Å². The molecule has 0 amide bonds. The molecule has 0 saturated carbocycles. The number of methoxy groups -OCH3 is 1. The maximum absolute atomic E-state index is 11.8. The van der Waals surface area contributed by atoms with Crippen LogP contribution in [0.25, 0.3) is 0 Å². The molecule has 1 aromatic rings. The van der Waals surface area contributed by atoms with Crippen LogP contribution in [0.5, 0.6) is 5.75 Å². The van der Waals surface area contributed by atoms with Crippen molar-refractivity contribution in [2.45, 2.75) is 0 Å². The normalized spacial score (nSPS) is 30.6. The van der Waals surface area contributed by atoms with Crippen LogP contribution in [0.15, 0.2) is 18.2 Å². The Balaban J connectivity index is 2.25. The van der Waals surface area contributed by atoms with Gasteiger partial charge in [0.05, 0.1) is 12.7 Å². The van der Waals surface area contributed by atoms with Crippen molar-refractivity contribution in [3.63, 3.8) is 0 Å². The molecule has 2 heterocycles. The van der Waals surface area contributed by atoms with Crippen molar-refractivity contribution in [2.75, 3.05) is 27.2 Å². The summed E-state index contributed by atoms with van der Waals surface area (Å²) >= 11 is 0. The second kappa shape index (κ2) is 4.32. The number of aldehydes is 1. The largest absolute Gasteiger partial charge is 0.618 e. The zero-order chi connectivity index (χ0) is 15.3. The fraction of sp³-hybridized carbons (Fsp3) is 0.308. The number of likely N-dealkylation sites (N-methyl/N-ethyl adjacent to an activating group) is 1. The van der Waals surface area contributed by atoms with Crippen molar-refractivity contribution >= 4 is 30.4 Å².